The second kappa shape index (κ2) is 4.44. The topological polar surface area (TPSA) is 74.2 Å². The molecule has 0 radical (unpaired) electrons. The van der Waals surface area contributed by atoms with Crippen molar-refractivity contribution >= 4 is 21.7 Å². The zero-order chi connectivity index (χ0) is 12.6. The molecule has 8 heteroatoms. The Morgan fingerprint density at radius 3 is 2.65 bits per heavy atom. The molecule has 2 rings (SSSR count). The molecule has 0 saturated carbocycles. The van der Waals surface area contributed by atoms with Gasteiger partial charge in [-0.3, -0.25) is 4.57 Å². The summed E-state index contributed by atoms with van der Waals surface area (Å²) >= 11 is 3.31. The van der Waals surface area contributed by atoms with Crippen LogP contribution in [-0.2, 0) is 13.6 Å². The predicted molar refractivity (Wildman–Crippen MR) is 65.6 cm³/mol. The van der Waals surface area contributed by atoms with E-state index in [4.69, 9.17) is 0 Å². The molecule has 0 spiro atoms. The Kier molecular flexibility index (Phi) is 3.14. The van der Waals surface area contributed by atoms with Gasteiger partial charge in [0.25, 0.3) is 0 Å². The van der Waals surface area contributed by atoms with Crippen molar-refractivity contribution in [3.8, 4) is 0 Å². The summed E-state index contributed by atoms with van der Waals surface area (Å²) in [5.74, 6) is 0.775. The normalized spacial score (nSPS) is 11.2. The summed E-state index contributed by atoms with van der Waals surface area (Å²) in [6.45, 7) is 2.19. The third kappa shape index (κ3) is 1.92. The number of hydrogen-bond acceptors (Lipinski definition) is 4. The summed E-state index contributed by atoms with van der Waals surface area (Å²) in [6.07, 6.45) is 0.777. The van der Waals surface area contributed by atoms with Gasteiger partial charge >= 0.3 is 11.4 Å². The van der Waals surface area contributed by atoms with Crippen molar-refractivity contribution in [2.24, 2.45) is 7.05 Å². The third-order valence-electron chi connectivity index (χ3n) is 2.44. The van der Waals surface area contributed by atoms with E-state index >= 15 is 0 Å². The van der Waals surface area contributed by atoms with Crippen LogP contribution >= 0.6 is 15.9 Å². The maximum Gasteiger partial charge on any atom is 0.355 e. The SMILES string of the molecule is Cc1nc2n(CCCBr)c(=O)n(C)c(=O)n2n1. The molecule has 0 aromatic carbocycles. The number of hydrogen-bond donors (Lipinski definition) is 0. The lowest BCUT2D eigenvalue weighted by Crippen LogP contribution is -2.42. The molecule has 2 aromatic rings. The van der Waals surface area contributed by atoms with Gasteiger partial charge in [0.05, 0.1) is 0 Å². The van der Waals surface area contributed by atoms with Crippen molar-refractivity contribution in [3.63, 3.8) is 0 Å². The molecule has 7 nitrogen and oxygen atoms in total. The van der Waals surface area contributed by atoms with Crippen LogP contribution in [0.5, 0.6) is 0 Å². The number of aryl methyl sites for hydroxylation is 2. The van der Waals surface area contributed by atoms with Gasteiger partial charge in [-0.15, -0.1) is 9.61 Å². The Bertz CT molecular complexity index is 668. The number of aromatic nitrogens is 5. The fraction of sp³-hybridized carbons (Fsp3) is 0.556. The first-order valence-corrected chi connectivity index (χ1v) is 6.27. The molecule has 0 saturated heterocycles. The summed E-state index contributed by atoms with van der Waals surface area (Å²) < 4.78 is 3.66. The highest BCUT2D eigenvalue weighted by molar-refractivity contribution is 9.09. The maximum absolute atomic E-state index is 11.9. The van der Waals surface area contributed by atoms with Crippen molar-refractivity contribution in [1.82, 2.24) is 23.7 Å². The first-order chi connectivity index (χ1) is 8.06. The van der Waals surface area contributed by atoms with Crippen LogP contribution in [0, 0.1) is 6.92 Å². The van der Waals surface area contributed by atoms with E-state index in [0.717, 1.165) is 20.8 Å². The monoisotopic (exact) mass is 301 g/mol. The molecule has 0 fully saturated rings. The first kappa shape index (κ1) is 12.0. The third-order valence-corrected chi connectivity index (χ3v) is 3.00. The lowest BCUT2D eigenvalue weighted by atomic mass is 10.5. The van der Waals surface area contributed by atoms with Gasteiger partial charge in [-0.05, 0) is 13.3 Å². The predicted octanol–water partition coefficient (Wildman–Crippen LogP) is -0.317. The van der Waals surface area contributed by atoms with Crippen molar-refractivity contribution in [2.45, 2.75) is 19.9 Å². The number of rotatable bonds is 3. The minimum absolute atomic E-state index is 0.302. The smallest absolute Gasteiger partial charge is 0.262 e. The molecule has 0 aliphatic carbocycles. The second-order valence-electron chi connectivity index (χ2n) is 3.69. The van der Waals surface area contributed by atoms with Crippen molar-refractivity contribution in [1.29, 1.82) is 0 Å². The Balaban J connectivity index is 2.80. The Morgan fingerprint density at radius 1 is 1.29 bits per heavy atom. The van der Waals surface area contributed by atoms with Crippen LogP contribution in [0.3, 0.4) is 0 Å². The van der Waals surface area contributed by atoms with Gasteiger partial charge in [0.2, 0.25) is 5.78 Å². The highest BCUT2D eigenvalue weighted by Gasteiger charge is 2.13. The van der Waals surface area contributed by atoms with Crippen LogP contribution in [0.2, 0.25) is 0 Å². The lowest BCUT2D eigenvalue weighted by molar-refractivity contribution is 0.566. The summed E-state index contributed by atoms with van der Waals surface area (Å²) in [5, 5.41) is 4.76. The lowest BCUT2D eigenvalue weighted by Gasteiger charge is -2.07. The molecule has 17 heavy (non-hydrogen) atoms. The van der Waals surface area contributed by atoms with E-state index in [1.54, 1.807) is 6.92 Å². The molecule has 0 aliphatic heterocycles. The molecule has 0 aliphatic rings. The zero-order valence-corrected chi connectivity index (χ0v) is 11.1. The van der Waals surface area contributed by atoms with Crippen LogP contribution in [0.4, 0.5) is 0 Å². The van der Waals surface area contributed by atoms with Crippen molar-refractivity contribution in [3.05, 3.63) is 26.8 Å². The molecule has 0 amide bonds. The summed E-state index contributed by atoms with van der Waals surface area (Å²) in [5.41, 5.74) is -0.837. The molecular formula is C9H12BrN5O2. The number of halogens is 1. The van der Waals surface area contributed by atoms with Crippen LogP contribution in [0.15, 0.2) is 9.59 Å². The van der Waals surface area contributed by atoms with Gasteiger partial charge in [0, 0.05) is 18.9 Å². The molecule has 2 aromatic heterocycles. The summed E-state index contributed by atoms with van der Waals surface area (Å²) in [4.78, 5) is 27.9. The number of alkyl halides is 1. The van der Waals surface area contributed by atoms with Gasteiger partial charge in [0.15, 0.2) is 0 Å². The molecule has 0 N–H and O–H groups in total. The van der Waals surface area contributed by atoms with Crippen LogP contribution < -0.4 is 11.4 Å². The van der Waals surface area contributed by atoms with Gasteiger partial charge in [-0.1, -0.05) is 15.9 Å². The largest absolute Gasteiger partial charge is 0.355 e. The van der Waals surface area contributed by atoms with Crippen LogP contribution in [0.25, 0.3) is 5.78 Å². The van der Waals surface area contributed by atoms with E-state index in [-0.39, 0.29) is 5.69 Å². The van der Waals surface area contributed by atoms with Gasteiger partial charge in [-0.25, -0.2) is 14.2 Å². The molecule has 0 bridgehead atoms. The van der Waals surface area contributed by atoms with Gasteiger partial charge in [0.1, 0.15) is 5.82 Å². The van der Waals surface area contributed by atoms with Crippen LogP contribution in [-0.4, -0.2) is 29.1 Å². The van der Waals surface area contributed by atoms with Gasteiger partial charge in [-0.2, -0.15) is 4.98 Å². The Labute approximate surface area is 105 Å². The van der Waals surface area contributed by atoms with E-state index < -0.39 is 5.69 Å². The zero-order valence-electron chi connectivity index (χ0n) is 9.55. The summed E-state index contributed by atoms with van der Waals surface area (Å²) in [7, 11) is 1.44. The summed E-state index contributed by atoms with van der Waals surface area (Å²) in [6, 6.07) is 0. The minimum Gasteiger partial charge on any atom is -0.262 e. The van der Waals surface area contributed by atoms with E-state index in [1.807, 2.05) is 0 Å². The molecule has 92 valence electrons. The van der Waals surface area contributed by atoms with E-state index in [2.05, 4.69) is 26.0 Å². The average Bonchev–Trinajstić information content (AvgIpc) is 2.68. The highest BCUT2D eigenvalue weighted by atomic mass is 79.9. The second-order valence-corrected chi connectivity index (χ2v) is 4.48. The standard InChI is InChI=1S/C9H12BrN5O2/c1-6-11-7-14(5-3-4-10)8(16)13(2)9(17)15(7)12-6/h3-5H2,1-2H3. The van der Waals surface area contributed by atoms with E-state index in [9.17, 15) is 9.59 Å². The fourth-order valence-electron chi connectivity index (χ4n) is 1.61. The van der Waals surface area contributed by atoms with Gasteiger partial charge < -0.3 is 0 Å². The fourth-order valence-corrected chi connectivity index (χ4v) is 1.86. The minimum atomic E-state index is -0.472. The number of fused-ring (bicyclic) bond motifs is 1. The highest BCUT2D eigenvalue weighted by Crippen LogP contribution is 1.98. The maximum atomic E-state index is 11.9. The quantitative estimate of drug-likeness (QED) is 0.729. The Morgan fingerprint density at radius 2 is 2.00 bits per heavy atom. The van der Waals surface area contributed by atoms with E-state index in [0.29, 0.717) is 18.1 Å². The van der Waals surface area contributed by atoms with Crippen molar-refractivity contribution < 1.29 is 0 Å². The average molecular weight is 302 g/mol. The Hall–Kier alpha value is -1.44. The van der Waals surface area contributed by atoms with Crippen molar-refractivity contribution in [2.75, 3.05) is 5.33 Å². The van der Waals surface area contributed by atoms with E-state index in [1.165, 1.54) is 11.6 Å². The first-order valence-electron chi connectivity index (χ1n) is 5.15. The molecular weight excluding hydrogens is 290 g/mol. The molecule has 0 atom stereocenters. The van der Waals surface area contributed by atoms with Crippen LogP contribution in [0.1, 0.15) is 12.2 Å². The molecule has 0 unspecified atom stereocenters. The molecule has 2 heterocycles. The number of nitrogens with zero attached hydrogens (tertiary/aromatic N) is 5.